The molecule has 8 aromatic carbocycles. The quantitative estimate of drug-likeness (QED) is 0.164. The van der Waals surface area contributed by atoms with Crippen molar-refractivity contribution in [2.24, 2.45) is 0 Å². The second kappa shape index (κ2) is 13.1. The van der Waals surface area contributed by atoms with Crippen molar-refractivity contribution in [3.8, 4) is 27.9 Å². The number of para-hydroxylation sites is 3. The average molecular weight is 814 g/mol. The van der Waals surface area contributed by atoms with E-state index in [2.05, 4.69) is 240 Å². The van der Waals surface area contributed by atoms with E-state index in [0.29, 0.717) is 0 Å². The SMILES string of the molecule is CC(C)(C)c1ccc(N(c2ccc(C(C)(C)C)cc2)c2ccc3c4c5c(c6c7c4n(c3c2)-c2ccccc2B7N(c2ccccc2)c2ccccc2-6)-c2ccccc2C5(C)C)cc1. The van der Waals surface area contributed by atoms with E-state index < -0.39 is 0 Å². The molecule has 306 valence electrons. The molecule has 0 saturated heterocycles. The normalized spacial score (nSPS) is 14.4. The van der Waals surface area contributed by atoms with Crippen LogP contribution in [0.15, 0.2) is 170 Å². The maximum absolute atomic E-state index is 2.64. The molecule has 1 aliphatic carbocycles. The lowest BCUT2D eigenvalue weighted by atomic mass is 9.43. The minimum atomic E-state index is -0.230. The van der Waals surface area contributed by atoms with Crippen LogP contribution in [0.2, 0.25) is 0 Å². The Balaban J connectivity index is 1.22. The van der Waals surface area contributed by atoms with Gasteiger partial charge >= 0.3 is 6.85 Å². The Morgan fingerprint density at radius 1 is 0.524 bits per heavy atom. The second-order valence-electron chi connectivity index (χ2n) is 20.6. The summed E-state index contributed by atoms with van der Waals surface area (Å²) >= 11 is 0. The van der Waals surface area contributed by atoms with E-state index in [4.69, 9.17) is 0 Å². The summed E-state index contributed by atoms with van der Waals surface area (Å²) < 4.78 is 2.64. The maximum Gasteiger partial charge on any atom is 0.333 e. The Labute approximate surface area is 372 Å². The predicted molar refractivity (Wildman–Crippen MR) is 269 cm³/mol. The van der Waals surface area contributed by atoms with E-state index in [0.717, 1.165) is 17.1 Å². The lowest BCUT2D eigenvalue weighted by molar-refractivity contribution is 0.590. The highest BCUT2D eigenvalue weighted by Gasteiger charge is 2.49. The molecule has 12 rings (SSSR count). The van der Waals surface area contributed by atoms with E-state index in [9.17, 15) is 0 Å². The van der Waals surface area contributed by atoms with Crippen LogP contribution in [0, 0.1) is 0 Å². The van der Waals surface area contributed by atoms with E-state index in [1.165, 1.54) is 94.3 Å². The minimum Gasteiger partial charge on any atom is -0.376 e. The zero-order valence-electron chi connectivity index (χ0n) is 37.6. The lowest BCUT2D eigenvalue weighted by Crippen LogP contribution is -2.60. The molecule has 0 spiro atoms. The molecule has 4 heteroatoms. The summed E-state index contributed by atoms with van der Waals surface area (Å²) in [5.74, 6) is 0. The third-order valence-electron chi connectivity index (χ3n) is 14.4. The monoisotopic (exact) mass is 813 g/mol. The van der Waals surface area contributed by atoms with Crippen molar-refractivity contribution in [1.29, 1.82) is 0 Å². The Hall–Kier alpha value is -6.78. The molecule has 3 aliphatic rings. The standard InChI is InChI=1S/C59H52BN3/c1-57(2,3)37-26-30-39(31-27-37)61(40-32-28-38(29-33-40)58(4,5)6)42-34-35-45-50(36-42)62-49-25-17-15-23-47(49)60-55-52(44-21-13-16-24-48(44)63(60)41-18-10-9-11-19-41)51-43-20-12-14-22-46(43)59(7,8)54(51)53(45)56(55)62/h9-36H,1-8H3. The lowest BCUT2D eigenvalue weighted by Gasteiger charge is -2.43. The summed E-state index contributed by atoms with van der Waals surface area (Å²) in [7, 11) is 0. The zero-order chi connectivity index (χ0) is 43.2. The van der Waals surface area contributed by atoms with Crippen LogP contribution in [0.5, 0.6) is 0 Å². The van der Waals surface area contributed by atoms with Gasteiger partial charge in [0.1, 0.15) is 0 Å². The number of aromatic nitrogens is 1. The molecular weight excluding hydrogens is 761 g/mol. The van der Waals surface area contributed by atoms with Gasteiger partial charge in [0, 0.05) is 55.9 Å². The highest BCUT2D eigenvalue weighted by atomic mass is 15.1. The van der Waals surface area contributed by atoms with Gasteiger partial charge in [-0.25, -0.2) is 0 Å². The van der Waals surface area contributed by atoms with Crippen molar-refractivity contribution in [3.63, 3.8) is 0 Å². The summed E-state index contributed by atoms with van der Waals surface area (Å²) in [6, 6.07) is 64.3. The smallest absolute Gasteiger partial charge is 0.333 e. The minimum absolute atomic E-state index is 0.0346. The van der Waals surface area contributed by atoms with Gasteiger partial charge in [0.15, 0.2) is 0 Å². The van der Waals surface area contributed by atoms with Gasteiger partial charge in [-0.3, -0.25) is 0 Å². The third-order valence-corrected chi connectivity index (χ3v) is 14.4. The molecule has 0 N–H and O–H groups in total. The van der Waals surface area contributed by atoms with Gasteiger partial charge < -0.3 is 14.3 Å². The first-order valence-electron chi connectivity index (χ1n) is 22.6. The first-order valence-corrected chi connectivity index (χ1v) is 22.6. The van der Waals surface area contributed by atoms with Crippen molar-refractivity contribution >= 4 is 68.0 Å². The van der Waals surface area contributed by atoms with Crippen LogP contribution in [0.3, 0.4) is 0 Å². The molecule has 63 heavy (non-hydrogen) atoms. The van der Waals surface area contributed by atoms with Crippen molar-refractivity contribution in [2.45, 2.75) is 71.6 Å². The summed E-state index contributed by atoms with van der Waals surface area (Å²) in [5.41, 5.74) is 23.1. The van der Waals surface area contributed by atoms with E-state index in [1.54, 1.807) is 0 Å². The third kappa shape index (κ3) is 5.34. The van der Waals surface area contributed by atoms with Gasteiger partial charge in [-0.05, 0) is 121 Å². The largest absolute Gasteiger partial charge is 0.376 e. The molecule has 0 radical (unpaired) electrons. The number of benzene rings is 8. The molecule has 0 bridgehead atoms. The molecule has 1 aromatic heterocycles. The van der Waals surface area contributed by atoms with Gasteiger partial charge in [-0.15, -0.1) is 0 Å². The second-order valence-corrected chi connectivity index (χ2v) is 20.6. The number of rotatable bonds is 4. The Kier molecular flexibility index (Phi) is 7.91. The van der Waals surface area contributed by atoms with Crippen LogP contribution >= 0.6 is 0 Å². The molecule has 0 unspecified atom stereocenters. The van der Waals surface area contributed by atoms with E-state index in [1.807, 2.05) is 0 Å². The summed E-state index contributed by atoms with van der Waals surface area (Å²) in [6.45, 7) is 18.6. The number of anilines is 5. The summed E-state index contributed by atoms with van der Waals surface area (Å²) in [5, 5.41) is 2.66. The molecule has 0 atom stereocenters. The van der Waals surface area contributed by atoms with Crippen LogP contribution < -0.4 is 20.6 Å². The Bertz CT molecular complexity index is 3270. The van der Waals surface area contributed by atoms with Crippen molar-refractivity contribution in [2.75, 3.05) is 9.71 Å². The summed E-state index contributed by atoms with van der Waals surface area (Å²) in [4.78, 5) is 5.07. The van der Waals surface area contributed by atoms with Crippen LogP contribution in [-0.4, -0.2) is 11.4 Å². The van der Waals surface area contributed by atoms with Crippen molar-refractivity contribution in [3.05, 3.63) is 192 Å². The molecular formula is C59H52BN3. The fourth-order valence-electron chi connectivity index (χ4n) is 11.4. The fraction of sp³-hybridized carbons (Fsp3) is 0.186. The first kappa shape index (κ1) is 37.9. The average Bonchev–Trinajstić information content (AvgIpc) is 3.74. The summed E-state index contributed by atoms with van der Waals surface area (Å²) in [6.07, 6.45) is 0. The van der Waals surface area contributed by atoms with E-state index in [-0.39, 0.29) is 23.1 Å². The van der Waals surface area contributed by atoms with Gasteiger partial charge in [0.25, 0.3) is 0 Å². The first-order chi connectivity index (χ1) is 30.3. The topological polar surface area (TPSA) is 11.4 Å². The van der Waals surface area contributed by atoms with Gasteiger partial charge in [0.05, 0.1) is 11.0 Å². The number of nitrogens with zero attached hydrogens (tertiary/aromatic N) is 3. The Morgan fingerprint density at radius 2 is 1.08 bits per heavy atom. The molecule has 3 nitrogen and oxygen atoms in total. The van der Waals surface area contributed by atoms with Crippen LogP contribution in [-0.2, 0) is 16.2 Å². The highest BCUT2D eigenvalue weighted by Crippen LogP contribution is 2.59. The molecule has 9 aromatic rings. The molecule has 0 fully saturated rings. The predicted octanol–water partition coefficient (Wildman–Crippen LogP) is 14.4. The number of fused-ring (bicyclic) bond motifs is 13. The van der Waals surface area contributed by atoms with Gasteiger partial charge in [-0.1, -0.05) is 165 Å². The molecule has 3 heterocycles. The fourth-order valence-corrected chi connectivity index (χ4v) is 11.4. The Morgan fingerprint density at radius 3 is 1.73 bits per heavy atom. The van der Waals surface area contributed by atoms with Gasteiger partial charge in [-0.2, -0.15) is 0 Å². The zero-order valence-corrected chi connectivity index (χ0v) is 37.6. The number of hydrogen-bond acceptors (Lipinski definition) is 2. The van der Waals surface area contributed by atoms with Crippen molar-refractivity contribution < 1.29 is 0 Å². The van der Waals surface area contributed by atoms with E-state index >= 15 is 0 Å². The molecule has 0 saturated carbocycles. The maximum atomic E-state index is 2.64. The van der Waals surface area contributed by atoms with Crippen molar-refractivity contribution in [1.82, 2.24) is 4.57 Å². The van der Waals surface area contributed by atoms with Crippen LogP contribution in [0.4, 0.5) is 28.4 Å². The molecule has 0 amide bonds. The molecule has 2 aliphatic heterocycles. The van der Waals surface area contributed by atoms with Gasteiger partial charge in [0.2, 0.25) is 0 Å². The van der Waals surface area contributed by atoms with Crippen LogP contribution in [0.25, 0.3) is 49.7 Å². The number of hydrogen-bond donors (Lipinski definition) is 0. The van der Waals surface area contributed by atoms with Crippen LogP contribution in [0.1, 0.15) is 77.6 Å². The highest BCUT2D eigenvalue weighted by molar-refractivity contribution is 6.94.